The van der Waals surface area contributed by atoms with Gasteiger partial charge < -0.3 is 4.52 Å². The second-order valence-corrected chi connectivity index (χ2v) is 7.65. The van der Waals surface area contributed by atoms with Crippen molar-refractivity contribution in [1.82, 2.24) is 15.0 Å². The summed E-state index contributed by atoms with van der Waals surface area (Å²) < 4.78 is 5.52. The van der Waals surface area contributed by atoms with Crippen LogP contribution in [0.15, 0.2) is 46.3 Å². The number of fused-ring (bicyclic) bond motifs is 1. The van der Waals surface area contributed by atoms with Gasteiger partial charge in [-0.15, -0.1) is 11.3 Å². The molecule has 1 aliphatic heterocycles. The monoisotopic (exact) mass is 337 g/mol. The molecule has 2 aromatic heterocycles. The highest BCUT2D eigenvalue weighted by molar-refractivity contribution is 7.10. The SMILES string of the molecule is c1ccc([C@@H]2c3ccsc3CCN2Cc2nc(C3CC3)no2)cc1. The summed E-state index contributed by atoms with van der Waals surface area (Å²) >= 11 is 1.87. The molecule has 122 valence electrons. The average Bonchev–Trinajstić information content (AvgIpc) is 3.17. The molecule has 3 aromatic rings. The normalized spacial score (nSPS) is 20.9. The Kier molecular flexibility index (Phi) is 3.49. The summed E-state index contributed by atoms with van der Waals surface area (Å²) in [6.45, 7) is 1.74. The summed E-state index contributed by atoms with van der Waals surface area (Å²) in [5.41, 5.74) is 2.76. The lowest BCUT2D eigenvalue weighted by atomic mass is 9.93. The Bertz CT molecular complexity index is 837. The van der Waals surface area contributed by atoms with E-state index in [0.29, 0.717) is 12.5 Å². The van der Waals surface area contributed by atoms with Gasteiger partial charge in [0.15, 0.2) is 5.82 Å². The molecule has 0 saturated heterocycles. The lowest BCUT2D eigenvalue weighted by Gasteiger charge is -2.35. The molecule has 5 heteroatoms. The third kappa shape index (κ3) is 2.58. The van der Waals surface area contributed by atoms with Crippen molar-refractivity contribution in [2.24, 2.45) is 0 Å². The van der Waals surface area contributed by atoms with Gasteiger partial charge in [0.1, 0.15) is 0 Å². The summed E-state index contributed by atoms with van der Waals surface area (Å²) in [6.07, 6.45) is 3.50. The largest absolute Gasteiger partial charge is 0.338 e. The van der Waals surface area contributed by atoms with E-state index in [9.17, 15) is 0 Å². The van der Waals surface area contributed by atoms with Crippen molar-refractivity contribution in [1.29, 1.82) is 0 Å². The van der Waals surface area contributed by atoms with Gasteiger partial charge in [-0.05, 0) is 41.8 Å². The van der Waals surface area contributed by atoms with Crippen LogP contribution >= 0.6 is 11.3 Å². The number of benzene rings is 1. The first-order valence-corrected chi connectivity index (χ1v) is 9.44. The minimum absolute atomic E-state index is 0.275. The van der Waals surface area contributed by atoms with Crippen molar-refractivity contribution < 1.29 is 4.52 Å². The zero-order chi connectivity index (χ0) is 15.9. The van der Waals surface area contributed by atoms with E-state index in [-0.39, 0.29) is 6.04 Å². The molecule has 0 amide bonds. The van der Waals surface area contributed by atoms with Crippen LogP contribution in [0.4, 0.5) is 0 Å². The summed E-state index contributed by atoms with van der Waals surface area (Å²) in [6, 6.07) is 13.3. The molecule has 2 aliphatic rings. The van der Waals surface area contributed by atoms with Crippen molar-refractivity contribution in [2.45, 2.75) is 37.8 Å². The zero-order valence-corrected chi connectivity index (χ0v) is 14.2. The second-order valence-electron chi connectivity index (χ2n) is 6.65. The van der Waals surface area contributed by atoms with Gasteiger partial charge in [0.2, 0.25) is 5.89 Å². The fourth-order valence-electron chi connectivity index (χ4n) is 3.58. The van der Waals surface area contributed by atoms with E-state index >= 15 is 0 Å². The number of hydrogen-bond acceptors (Lipinski definition) is 5. The molecule has 24 heavy (non-hydrogen) atoms. The highest BCUT2D eigenvalue weighted by Gasteiger charge is 2.32. The third-order valence-corrected chi connectivity index (χ3v) is 5.94. The zero-order valence-electron chi connectivity index (χ0n) is 13.4. The molecule has 0 spiro atoms. The van der Waals surface area contributed by atoms with E-state index in [1.807, 2.05) is 11.3 Å². The number of thiophene rings is 1. The first kappa shape index (κ1) is 14.4. The average molecular weight is 337 g/mol. The van der Waals surface area contributed by atoms with Crippen LogP contribution in [0.5, 0.6) is 0 Å². The summed E-state index contributed by atoms with van der Waals surface area (Å²) in [5, 5.41) is 6.38. The number of nitrogens with zero attached hydrogens (tertiary/aromatic N) is 3. The smallest absolute Gasteiger partial charge is 0.240 e. The summed E-state index contributed by atoms with van der Waals surface area (Å²) in [7, 11) is 0. The van der Waals surface area contributed by atoms with E-state index in [1.165, 1.54) is 28.8 Å². The molecular weight excluding hydrogens is 318 g/mol. The topological polar surface area (TPSA) is 42.2 Å². The predicted molar refractivity (Wildman–Crippen MR) is 93.0 cm³/mol. The quantitative estimate of drug-likeness (QED) is 0.717. The van der Waals surface area contributed by atoms with Crippen molar-refractivity contribution in [2.75, 3.05) is 6.54 Å². The molecular formula is C19H19N3OS. The van der Waals surface area contributed by atoms with E-state index in [1.54, 1.807) is 0 Å². The lowest BCUT2D eigenvalue weighted by Crippen LogP contribution is -2.35. The van der Waals surface area contributed by atoms with Crippen molar-refractivity contribution in [3.63, 3.8) is 0 Å². The third-order valence-electron chi connectivity index (χ3n) is 4.95. The minimum atomic E-state index is 0.275. The summed E-state index contributed by atoms with van der Waals surface area (Å²) in [4.78, 5) is 8.59. The Morgan fingerprint density at radius 3 is 2.88 bits per heavy atom. The molecule has 1 aromatic carbocycles. The van der Waals surface area contributed by atoms with Gasteiger partial charge in [-0.25, -0.2) is 0 Å². The molecule has 5 rings (SSSR count). The molecule has 4 nitrogen and oxygen atoms in total. The number of rotatable bonds is 4. The first-order valence-electron chi connectivity index (χ1n) is 8.56. The van der Waals surface area contributed by atoms with Gasteiger partial charge in [0.05, 0.1) is 12.6 Å². The second kappa shape index (κ2) is 5.83. The van der Waals surface area contributed by atoms with Crippen LogP contribution in [-0.2, 0) is 13.0 Å². The number of hydrogen-bond donors (Lipinski definition) is 0. The van der Waals surface area contributed by atoms with E-state index in [4.69, 9.17) is 4.52 Å². The minimum Gasteiger partial charge on any atom is -0.338 e. The van der Waals surface area contributed by atoms with Crippen molar-refractivity contribution >= 4 is 11.3 Å². The summed E-state index contributed by atoms with van der Waals surface area (Å²) in [5.74, 6) is 2.18. The van der Waals surface area contributed by atoms with E-state index < -0.39 is 0 Å². The molecule has 3 heterocycles. The fourth-order valence-corrected chi connectivity index (χ4v) is 4.48. The van der Waals surface area contributed by atoms with Crippen LogP contribution in [0, 0.1) is 0 Å². The van der Waals surface area contributed by atoms with Crippen molar-refractivity contribution in [3.05, 3.63) is 69.5 Å². The van der Waals surface area contributed by atoms with Crippen LogP contribution in [0.25, 0.3) is 0 Å². The van der Waals surface area contributed by atoms with Gasteiger partial charge in [0, 0.05) is 17.3 Å². The maximum absolute atomic E-state index is 5.52. The Morgan fingerprint density at radius 2 is 2.04 bits per heavy atom. The van der Waals surface area contributed by atoms with Gasteiger partial charge in [-0.3, -0.25) is 4.90 Å². The van der Waals surface area contributed by atoms with Gasteiger partial charge in [0.25, 0.3) is 0 Å². The van der Waals surface area contributed by atoms with E-state index in [2.05, 4.69) is 56.8 Å². The van der Waals surface area contributed by atoms with Gasteiger partial charge in [-0.2, -0.15) is 4.98 Å². The van der Waals surface area contributed by atoms with Gasteiger partial charge >= 0.3 is 0 Å². The van der Waals surface area contributed by atoms with Crippen LogP contribution < -0.4 is 0 Å². The molecule has 0 bridgehead atoms. The van der Waals surface area contributed by atoms with Crippen molar-refractivity contribution in [3.8, 4) is 0 Å². The van der Waals surface area contributed by atoms with Gasteiger partial charge in [-0.1, -0.05) is 35.5 Å². The standard InChI is InChI=1S/C19H19N3OS/c1-2-4-13(5-3-1)18-15-9-11-24-16(15)8-10-22(18)12-17-20-19(21-23-17)14-6-7-14/h1-5,9,11,14,18H,6-8,10,12H2/t18-/m1/s1. The molecule has 0 radical (unpaired) electrons. The number of aromatic nitrogens is 2. The Morgan fingerprint density at radius 1 is 1.17 bits per heavy atom. The highest BCUT2D eigenvalue weighted by atomic mass is 32.1. The van der Waals surface area contributed by atoms with Crippen LogP contribution in [0.1, 0.15) is 52.5 Å². The van der Waals surface area contributed by atoms with Crippen LogP contribution in [-0.4, -0.2) is 21.6 Å². The molecule has 0 N–H and O–H groups in total. The Labute approximate surface area is 145 Å². The maximum atomic E-state index is 5.52. The predicted octanol–water partition coefficient (Wildman–Crippen LogP) is 4.16. The molecule has 1 saturated carbocycles. The van der Waals surface area contributed by atoms with E-state index in [0.717, 1.165) is 24.7 Å². The lowest BCUT2D eigenvalue weighted by molar-refractivity contribution is 0.179. The highest BCUT2D eigenvalue weighted by Crippen LogP contribution is 2.40. The molecule has 1 aliphatic carbocycles. The molecule has 1 fully saturated rings. The maximum Gasteiger partial charge on any atom is 0.240 e. The fraction of sp³-hybridized carbons (Fsp3) is 0.368. The Hall–Kier alpha value is -1.98. The molecule has 0 unspecified atom stereocenters. The molecule has 1 atom stereocenters. The Balaban J connectivity index is 1.47. The van der Waals surface area contributed by atoms with Crippen LogP contribution in [0.2, 0.25) is 0 Å². The first-order chi connectivity index (χ1) is 11.9. The van der Waals surface area contributed by atoms with Crippen LogP contribution in [0.3, 0.4) is 0 Å².